The molecule has 0 saturated carbocycles. The standard InChI is InChI=1S/C11H18N6O3/c12-8-7-9(16-10(13)15-8)17(5-14-7)6-1-2-11(3-18,4-19)20-6/h5-6,8,18-19H,1-4,12H2,(H3,13,15,16)/t6-,8?/m1/s1. The van der Waals surface area contributed by atoms with Crippen molar-refractivity contribution in [3.05, 3.63) is 12.0 Å². The highest BCUT2D eigenvalue weighted by molar-refractivity contribution is 5.83. The average molecular weight is 282 g/mol. The van der Waals surface area contributed by atoms with E-state index in [4.69, 9.17) is 16.2 Å². The van der Waals surface area contributed by atoms with Crippen LogP contribution in [0, 0.1) is 0 Å². The summed E-state index contributed by atoms with van der Waals surface area (Å²) in [6.07, 6.45) is 1.92. The zero-order valence-electron chi connectivity index (χ0n) is 10.9. The van der Waals surface area contributed by atoms with Crippen LogP contribution in [-0.4, -0.2) is 44.5 Å². The molecule has 2 atom stereocenters. The Morgan fingerprint density at radius 2 is 2.25 bits per heavy atom. The molecule has 1 aromatic heterocycles. The minimum absolute atomic E-state index is 0.223. The smallest absolute Gasteiger partial charge is 0.196 e. The van der Waals surface area contributed by atoms with Crippen LogP contribution in [0.25, 0.3) is 0 Å². The Labute approximate surface area is 115 Å². The number of aromatic nitrogens is 2. The van der Waals surface area contributed by atoms with Crippen LogP contribution in [0.3, 0.4) is 0 Å². The summed E-state index contributed by atoms with van der Waals surface area (Å²) in [5, 5.41) is 21.5. The van der Waals surface area contributed by atoms with Crippen LogP contribution in [0.4, 0.5) is 5.82 Å². The SMILES string of the molecule is NC1=Nc2c(ncn2[C@H]2CCC(CO)(CO)O2)C(N)N1. The van der Waals surface area contributed by atoms with Gasteiger partial charge in [-0.1, -0.05) is 0 Å². The van der Waals surface area contributed by atoms with Gasteiger partial charge in [0.1, 0.15) is 23.7 Å². The first kappa shape index (κ1) is 13.3. The summed E-state index contributed by atoms with van der Waals surface area (Å²) in [5.41, 5.74) is 11.2. The topological polar surface area (TPSA) is 144 Å². The molecule has 1 unspecified atom stereocenters. The number of aliphatic imine (C=N–C) groups is 1. The Balaban J connectivity index is 1.91. The minimum atomic E-state index is -0.911. The van der Waals surface area contributed by atoms with Crippen LogP contribution in [0.1, 0.15) is 30.9 Å². The van der Waals surface area contributed by atoms with Crippen LogP contribution in [0.2, 0.25) is 0 Å². The number of hydrogen-bond donors (Lipinski definition) is 5. The highest BCUT2D eigenvalue weighted by atomic mass is 16.5. The zero-order chi connectivity index (χ0) is 14.3. The molecular weight excluding hydrogens is 264 g/mol. The first-order chi connectivity index (χ1) is 9.58. The first-order valence-corrected chi connectivity index (χ1v) is 6.41. The van der Waals surface area contributed by atoms with E-state index in [0.29, 0.717) is 24.4 Å². The quantitative estimate of drug-likeness (QED) is 0.450. The first-order valence-electron chi connectivity index (χ1n) is 6.41. The summed E-state index contributed by atoms with van der Waals surface area (Å²) in [6, 6.07) is 0. The van der Waals surface area contributed by atoms with Gasteiger partial charge in [0.25, 0.3) is 0 Å². The summed E-state index contributed by atoms with van der Waals surface area (Å²) in [6.45, 7) is -0.466. The summed E-state index contributed by atoms with van der Waals surface area (Å²) in [7, 11) is 0. The number of nitrogens with zero attached hydrogens (tertiary/aromatic N) is 3. The van der Waals surface area contributed by atoms with Crippen molar-refractivity contribution < 1.29 is 14.9 Å². The van der Waals surface area contributed by atoms with Gasteiger partial charge < -0.3 is 31.7 Å². The molecule has 1 fully saturated rings. The summed E-state index contributed by atoms with van der Waals surface area (Å²) >= 11 is 0. The van der Waals surface area contributed by atoms with Gasteiger partial charge in [-0.15, -0.1) is 0 Å². The second kappa shape index (κ2) is 4.70. The molecule has 3 rings (SSSR count). The molecule has 1 saturated heterocycles. The monoisotopic (exact) mass is 282 g/mol. The lowest BCUT2D eigenvalue weighted by Crippen LogP contribution is -2.41. The third-order valence-corrected chi connectivity index (χ3v) is 3.74. The molecule has 110 valence electrons. The van der Waals surface area contributed by atoms with Gasteiger partial charge in [0.2, 0.25) is 0 Å². The Morgan fingerprint density at radius 1 is 1.50 bits per heavy atom. The molecule has 0 radical (unpaired) electrons. The average Bonchev–Trinajstić information content (AvgIpc) is 3.02. The van der Waals surface area contributed by atoms with Crippen molar-refractivity contribution in [2.45, 2.75) is 30.8 Å². The molecule has 3 heterocycles. The molecule has 0 bridgehead atoms. The molecule has 7 N–H and O–H groups in total. The lowest BCUT2D eigenvalue weighted by Gasteiger charge is -2.26. The van der Waals surface area contributed by atoms with Gasteiger partial charge in [-0.2, -0.15) is 4.99 Å². The van der Waals surface area contributed by atoms with E-state index >= 15 is 0 Å². The number of fused-ring (bicyclic) bond motifs is 1. The fourth-order valence-corrected chi connectivity index (χ4v) is 2.56. The van der Waals surface area contributed by atoms with Gasteiger partial charge in [0.15, 0.2) is 11.8 Å². The van der Waals surface area contributed by atoms with Crippen molar-refractivity contribution in [2.24, 2.45) is 16.5 Å². The van der Waals surface area contributed by atoms with Crippen molar-refractivity contribution in [3.63, 3.8) is 0 Å². The molecule has 9 heteroatoms. The second-order valence-electron chi connectivity index (χ2n) is 5.09. The van der Waals surface area contributed by atoms with Crippen molar-refractivity contribution in [3.8, 4) is 0 Å². The number of guanidine groups is 1. The van der Waals surface area contributed by atoms with Crippen molar-refractivity contribution in [1.29, 1.82) is 0 Å². The largest absolute Gasteiger partial charge is 0.393 e. The predicted molar refractivity (Wildman–Crippen MR) is 69.8 cm³/mol. The highest BCUT2D eigenvalue weighted by Gasteiger charge is 2.41. The van der Waals surface area contributed by atoms with Crippen LogP contribution in [-0.2, 0) is 4.74 Å². The lowest BCUT2D eigenvalue weighted by molar-refractivity contribution is -0.120. The van der Waals surface area contributed by atoms with Crippen LogP contribution in [0.5, 0.6) is 0 Å². The molecule has 2 aliphatic rings. The van der Waals surface area contributed by atoms with Crippen LogP contribution >= 0.6 is 0 Å². The molecule has 0 spiro atoms. The van der Waals surface area contributed by atoms with Gasteiger partial charge in [-0.05, 0) is 12.8 Å². The molecule has 1 aromatic rings. The number of imidazole rings is 1. The predicted octanol–water partition coefficient (Wildman–Crippen LogP) is -1.58. The van der Waals surface area contributed by atoms with E-state index in [2.05, 4.69) is 15.3 Å². The van der Waals surface area contributed by atoms with E-state index in [1.807, 2.05) is 0 Å². The number of aliphatic hydroxyl groups is 2. The van der Waals surface area contributed by atoms with Crippen molar-refractivity contribution in [1.82, 2.24) is 14.9 Å². The fraction of sp³-hybridized carbons (Fsp3) is 0.636. The van der Waals surface area contributed by atoms with Gasteiger partial charge >= 0.3 is 0 Å². The number of nitrogens with two attached hydrogens (primary N) is 2. The van der Waals surface area contributed by atoms with Crippen LogP contribution < -0.4 is 16.8 Å². The Morgan fingerprint density at radius 3 is 2.90 bits per heavy atom. The molecule has 0 aliphatic carbocycles. The number of aliphatic hydroxyl groups excluding tert-OH is 2. The van der Waals surface area contributed by atoms with E-state index in [1.165, 1.54) is 0 Å². The maximum absolute atomic E-state index is 9.37. The van der Waals surface area contributed by atoms with Crippen LogP contribution in [0.15, 0.2) is 11.3 Å². The normalized spacial score (nSPS) is 27.9. The third-order valence-electron chi connectivity index (χ3n) is 3.74. The lowest BCUT2D eigenvalue weighted by atomic mass is 10.0. The number of hydrogen-bond acceptors (Lipinski definition) is 8. The van der Waals surface area contributed by atoms with Crippen molar-refractivity contribution >= 4 is 11.8 Å². The second-order valence-corrected chi connectivity index (χ2v) is 5.09. The Bertz CT molecular complexity index is 538. The van der Waals surface area contributed by atoms with E-state index < -0.39 is 11.8 Å². The molecule has 0 amide bonds. The van der Waals surface area contributed by atoms with E-state index in [0.717, 1.165) is 0 Å². The summed E-state index contributed by atoms with van der Waals surface area (Å²) < 4.78 is 7.51. The number of ether oxygens (including phenoxy) is 1. The van der Waals surface area contributed by atoms with Gasteiger partial charge in [0, 0.05) is 0 Å². The van der Waals surface area contributed by atoms with E-state index in [1.54, 1.807) is 10.9 Å². The zero-order valence-corrected chi connectivity index (χ0v) is 10.9. The fourth-order valence-electron chi connectivity index (χ4n) is 2.56. The maximum Gasteiger partial charge on any atom is 0.196 e. The molecule has 2 aliphatic heterocycles. The number of nitrogens with one attached hydrogen (secondary N) is 1. The maximum atomic E-state index is 9.37. The molecular formula is C11H18N6O3. The van der Waals surface area contributed by atoms with Gasteiger partial charge in [-0.25, -0.2) is 4.98 Å². The third kappa shape index (κ3) is 1.95. The molecule has 9 nitrogen and oxygen atoms in total. The van der Waals surface area contributed by atoms with Crippen molar-refractivity contribution in [2.75, 3.05) is 13.2 Å². The van der Waals surface area contributed by atoms with E-state index in [9.17, 15) is 10.2 Å². The minimum Gasteiger partial charge on any atom is -0.393 e. The summed E-state index contributed by atoms with van der Waals surface area (Å²) in [5.74, 6) is 0.769. The summed E-state index contributed by atoms with van der Waals surface area (Å²) in [4.78, 5) is 8.42. The Kier molecular flexibility index (Phi) is 3.13. The van der Waals surface area contributed by atoms with Gasteiger partial charge in [0.05, 0.1) is 19.5 Å². The van der Waals surface area contributed by atoms with Gasteiger partial charge in [-0.3, -0.25) is 4.57 Å². The number of rotatable bonds is 3. The molecule has 20 heavy (non-hydrogen) atoms. The highest BCUT2D eigenvalue weighted by Crippen LogP contribution is 2.39. The molecule has 0 aromatic carbocycles. The Hall–Kier alpha value is -1.68. The van der Waals surface area contributed by atoms with E-state index in [-0.39, 0.29) is 25.4 Å².